The van der Waals surface area contributed by atoms with E-state index in [-0.39, 0.29) is 18.3 Å². The zero-order valence-electron chi connectivity index (χ0n) is 16.8. The minimum atomic E-state index is -0.300. The fraction of sp³-hybridized carbons (Fsp3) is 0.261. The van der Waals surface area contributed by atoms with E-state index in [0.29, 0.717) is 16.5 Å². The Morgan fingerprint density at radius 1 is 1.03 bits per heavy atom. The monoisotopic (exact) mass is 425 g/mol. The Bertz CT molecular complexity index is 995. The molecule has 4 rings (SSSR count). The fourth-order valence-corrected chi connectivity index (χ4v) is 3.49. The minimum absolute atomic E-state index is 0.191. The average Bonchev–Trinajstić information content (AvgIpc) is 3.24. The lowest BCUT2D eigenvalue weighted by Gasteiger charge is -2.34. The third kappa shape index (κ3) is 4.96. The number of para-hydroxylation sites is 1. The Labute approximate surface area is 181 Å². The number of carbonyl (C=O) groups is 1. The molecule has 156 valence electrons. The van der Waals surface area contributed by atoms with E-state index in [1.807, 2.05) is 36.4 Å². The summed E-state index contributed by atoms with van der Waals surface area (Å²) in [7, 11) is 2.14. The molecule has 1 saturated heterocycles. The molecule has 0 bridgehead atoms. The molecule has 0 spiro atoms. The predicted octanol–water partition coefficient (Wildman–Crippen LogP) is 4.52. The van der Waals surface area contributed by atoms with Gasteiger partial charge in [0.25, 0.3) is 5.91 Å². The van der Waals surface area contributed by atoms with Gasteiger partial charge in [-0.15, -0.1) is 0 Å². The number of rotatable bonds is 6. The Hall–Kier alpha value is -2.96. The molecule has 0 radical (unpaired) electrons. The molecule has 6 nitrogen and oxygen atoms in total. The van der Waals surface area contributed by atoms with E-state index in [2.05, 4.69) is 22.2 Å². The fourth-order valence-electron chi connectivity index (χ4n) is 3.30. The summed E-state index contributed by atoms with van der Waals surface area (Å²) in [6.07, 6.45) is 0. The molecule has 1 N–H and O–H groups in total. The summed E-state index contributed by atoms with van der Waals surface area (Å²) in [5.41, 5.74) is 1.89. The van der Waals surface area contributed by atoms with Crippen molar-refractivity contribution in [3.63, 3.8) is 0 Å². The van der Waals surface area contributed by atoms with Gasteiger partial charge in [0.05, 0.1) is 5.02 Å². The Morgan fingerprint density at radius 3 is 2.50 bits per heavy atom. The van der Waals surface area contributed by atoms with Crippen LogP contribution >= 0.6 is 11.6 Å². The molecule has 3 aromatic rings. The standard InChI is InChI=1S/C23H24ClN3O3/c1-26-12-14-27(15-13-26)18-8-6-17(7-9-18)25-23(28)22-11-10-19(30-22)16-29-21-5-3-2-4-20(21)24/h2-11H,12-16H2,1H3,(H,25,28). The molecule has 30 heavy (non-hydrogen) atoms. The largest absolute Gasteiger partial charge is 0.484 e. The summed E-state index contributed by atoms with van der Waals surface area (Å²) in [4.78, 5) is 17.2. The first-order valence-corrected chi connectivity index (χ1v) is 10.3. The van der Waals surface area contributed by atoms with Crippen LogP contribution in [0.5, 0.6) is 5.75 Å². The van der Waals surface area contributed by atoms with E-state index >= 15 is 0 Å². The van der Waals surface area contributed by atoms with Gasteiger partial charge in [-0.1, -0.05) is 23.7 Å². The highest BCUT2D eigenvalue weighted by Gasteiger charge is 2.15. The molecule has 1 amide bonds. The number of nitrogens with zero attached hydrogens (tertiary/aromatic N) is 2. The van der Waals surface area contributed by atoms with Gasteiger partial charge in [-0.3, -0.25) is 4.79 Å². The number of ether oxygens (including phenoxy) is 1. The van der Waals surface area contributed by atoms with E-state index in [1.54, 1.807) is 24.3 Å². The molecule has 1 aliphatic rings. The van der Waals surface area contributed by atoms with Crippen molar-refractivity contribution in [2.24, 2.45) is 0 Å². The van der Waals surface area contributed by atoms with Crippen LogP contribution in [0.4, 0.5) is 11.4 Å². The van der Waals surface area contributed by atoms with Gasteiger partial charge in [0.1, 0.15) is 18.1 Å². The first-order valence-electron chi connectivity index (χ1n) is 9.89. The first-order chi connectivity index (χ1) is 14.6. The number of nitrogens with one attached hydrogen (secondary N) is 1. The normalized spacial score (nSPS) is 14.5. The summed E-state index contributed by atoms with van der Waals surface area (Å²) in [5, 5.41) is 3.40. The molecule has 0 aliphatic carbocycles. The van der Waals surface area contributed by atoms with Gasteiger partial charge in [0.15, 0.2) is 5.76 Å². The van der Waals surface area contributed by atoms with Crippen LogP contribution in [0.25, 0.3) is 0 Å². The van der Waals surface area contributed by atoms with Crippen molar-refractivity contribution in [3.05, 3.63) is 77.2 Å². The lowest BCUT2D eigenvalue weighted by molar-refractivity contribution is 0.0992. The van der Waals surface area contributed by atoms with Crippen molar-refractivity contribution in [1.29, 1.82) is 0 Å². The van der Waals surface area contributed by atoms with Crippen LogP contribution in [0, 0.1) is 0 Å². The van der Waals surface area contributed by atoms with Crippen molar-refractivity contribution in [3.8, 4) is 5.75 Å². The number of hydrogen-bond donors (Lipinski definition) is 1. The molecule has 0 unspecified atom stereocenters. The Kier molecular flexibility index (Phi) is 6.26. The molecule has 7 heteroatoms. The smallest absolute Gasteiger partial charge is 0.291 e. The number of anilines is 2. The van der Waals surface area contributed by atoms with Crippen LogP contribution in [-0.4, -0.2) is 44.0 Å². The van der Waals surface area contributed by atoms with Crippen molar-refractivity contribution in [1.82, 2.24) is 4.90 Å². The van der Waals surface area contributed by atoms with Gasteiger partial charge < -0.3 is 24.3 Å². The third-order valence-corrected chi connectivity index (χ3v) is 5.40. The minimum Gasteiger partial charge on any atom is -0.484 e. The Balaban J connectivity index is 1.32. The van der Waals surface area contributed by atoms with Crippen LogP contribution in [0.2, 0.25) is 5.02 Å². The maximum atomic E-state index is 12.5. The van der Waals surface area contributed by atoms with E-state index in [1.165, 1.54) is 0 Å². The van der Waals surface area contributed by atoms with E-state index in [4.69, 9.17) is 20.8 Å². The maximum absolute atomic E-state index is 12.5. The summed E-state index contributed by atoms with van der Waals surface area (Å²) < 4.78 is 11.3. The summed E-state index contributed by atoms with van der Waals surface area (Å²) >= 11 is 6.08. The van der Waals surface area contributed by atoms with Crippen LogP contribution in [-0.2, 0) is 6.61 Å². The van der Waals surface area contributed by atoms with Gasteiger partial charge in [-0.2, -0.15) is 0 Å². The Morgan fingerprint density at radius 2 is 1.77 bits per heavy atom. The highest BCUT2D eigenvalue weighted by molar-refractivity contribution is 6.32. The molecule has 0 atom stereocenters. The number of benzene rings is 2. The summed E-state index contributed by atoms with van der Waals surface area (Å²) in [6.45, 7) is 4.32. The first kappa shape index (κ1) is 20.3. The third-order valence-electron chi connectivity index (χ3n) is 5.09. The van der Waals surface area contributed by atoms with E-state index in [0.717, 1.165) is 37.6 Å². The number of hydrogen-bond acceptors (Lipinski definition) is 5. The zero-order chi connectivity index (χ0) is 20.9. The number of piperazine rings is 1. The van der Waals surface area contributed by atoms with Crippen molar-refractivity contribution in [2.75, 3.05) is 43.4 Å². The molecule has 2 aromatic carbocycles. The van der Waals surface area contributed by atoms with Crippen LogP contribution < -0.4 is 15.0 Å². The highest BCUT2D eigenvalue weighted by Crippen LogP contribution is 2.25. The van der Waals surface area contributed by atoms with Gasteiger partial charge in [-0.25, -0.2) is 0 Å². The van der Waals surface area contributed by atoms with Gasteiger partial charge in [0, 0.05) is 37.6 Å². The summed E-state index contributed by atoms with van der Waals surface area (Å²) in [5.74, 6) is 1.05. The van der Waals surface area contributed by atoms with E-state index < -0.39 is 0 Å². The SMILES string of the molecule is CN1CCN(c2ccc(NC(=O)c3ccc(COc4ccccc4Cl)o3)cc2)CC1. The van der Waals surface area contributed by atoms with Crippen LogP contribution in [0.3, 0.4) is 0 Å². The lowest BCUT2D eigenvalue weighted by atomic mass is 10.2. The molecule has 2 heterocycles. The van der Waals surface area contributed by atoms with Crippen molar-refractivity contribution in [2.45, 2.75) is 6.61 Å². The molecular weight excluding hydrogens is 402 g/mol. The quantitative estimate of drug-likeness (QED) is 0.629. The van der Waals surface area contributed by atoms with Gasteiger partial charge in [0.2, 0.25) is 0 Å². The van der Waals surface area contributed by atoms with Crippen molar-refractivity contribution < 1.29 is 13.9 Å². The van der Waals surface area contributed by atoms with E-state index in [9.17, 15) is 4.79 Å². The number of likely N-dealkylation sites (N-methyl/N-ethyl adjacent to an activating group) is 1. The molecule has 1 aromatic heterocycles. The predicted molar refractivity (Wildman–Crippen MR) is 119 cm³/mol. The molecule has 0 saturated carbocycles. The number of halogens is 1. The molecule has 1 fully saturated rings. The highest BCUT2D eigenvalue weighted by atomic mass is 35.5. The van der Waals surface area contributed by atoms with Gasteiger partial charge in [-0.05, 0) is 55.6 Å². The maximum Gasteiger partial charge on any atom is 0.291 e. The average molecular weight is 426 g/mol. The number of carbonyl (C=O) groups excluding carboxylic acids is 1. The molecule has 1 aliphatic heterocycles. The zero-order valence-corrected chi connectivity index (χ0v) is 17.6. The second kappa shape index (κ2) is 9.24. The second-order valence-corrected chi connectivity index (χ2v) is 7.68. The van der Waals surface area contributed by atoms with Crippen LogP contribution in [0.1, 0.15) is 16.3 Å². The second-order valence-electron chi connectivity index (χ2n) is 7.28. The number of amides is 1. The lowest BCUT2D eigenvalue weighted by Crippen LogP contribution is -2.44. The van der Waals surface area contributed by atoms with Crippen LogP contribution in [0.15, 0.2) is 65.1 Å². The topological polar surface area (TPSA) is 58.0 Å². The number of furan rings is 1. The molecular formula is C23H24ClN3O3. The summed E-state index contributed by atoms with van der Waals surface area (Å²) in [6, 6.07) is 18.5. The van der Waals surface area contributed by atoms with Crippen molar-refractivity contribution >= 4 is 28.9 Å². The van der Waals surface area contributed by atoms with Gasteiger partial charge >= 0.3 is 0 Å².